The van der Waals surface area contributed by atoms with E-state index >= 15 is 0 Å². The average molecular weight is 209 g/mol. The summed E-state index contributed by atoms with van der Waals surface area (Å²) in [7, 11) is 0. The number of carbonyl (C=O) groups excluding carboxylic acids is 1. The van der Waals surface area contributed by atoms with E-state index in [1.165, 1.54) is 0 Å². The van der Waals surface area contributed by atoms with Gasteiger partial charge in [-0.25, -0.2) is 4.98 Å². The van der Waals surface area contributed by atoms with E-state index in [-0.39, 0.29) is 0 Å². The summed E-state index contributed by atoms with van der Waals surface area (Å²) in [5.74, 6) is -0.232. The number of nitrogens with two attached hydrogens (primary N) is 1. The minimum Gasteiger partial charge on any atom is -0.476 e. The Morgan fingerprint density at radius 2 is 2.47 bits per heavy atom. The minimum absolute atomic E-state index is 0.294. The molecule has 1 rings (SSSR count). The van der Waals surface area contributed by atoms with Crippen molar-refractivity contribution >= 4 is 5.91 Å². The van der Waals surface area contributed by atoms with Gasteiger partial charge in [0.15, 0.2) is 0 Å². The fraction of sp³-hybridized carbons (Fsp3) is 0.400. The van der Waals surface area contributed by atoms with E-state index in [1.807, 2.05) is 6.92 Å². The molecule has 0 radical (unpaired) electrons. The van der Waals surface area contributed by atoms with E-state index in [2.05, 4.69) is 10.3 Å². The van der Waals surface area contributed by atoms with Crippen molar-refractivity contribution in [3.05, 3.63) is 23.9 Å². The Labute approximate surface area is 88.6 Å². The van der Waals surface area contributed by atoms with Gasteiger partial charge in [0.05, 0.1) is 0 Å². The molecule has 5 heteroatoms. The lowest BCUT2D eigenvalue weighted by atomic mass is 10.2. The lowest BCUT2D eigenvalue weighted by molar-refractivity contribution is 0.0995. The molecule has 1 heterocycles. The molecule has 0 aliphatic carbocycles. The van der Waals surface area contributed by atoms with Gasteiger partial charge < -0.3 is 15.8 Å². The average Bonchev–Trinajstić information content (AvgIpc) is 2.25. The van der Waals surface area contributed by atoms with E-state index < -0.39 is 5.91 Å². The normalized spacial score (nSPS) is 9.93. The van der Waals surface area contributed by atoms with E-state index in [0.29, 0.717) is 24.6 Å². The van der Waals surface area contributed by atoms with Crippen LogP contribution >= 0.6 is 0 Å². The number of amides is 1. The van der Waals surface area contributed by atoms with Crippen LogP contribution in [0.15, 0.2) is 18.3 Å². The summed E-state index contributed by atoms with van der Waals surface area (Å²) in [4.78, 5) is 14.9. The van der Waals surface area contributed by atoms with Gasteiger partial charge in [-0.3, -0.25) is 4.79 Å². The second-order valence-corrected chi connectivity index (χ2v) is 2.92. The molecule has 5 nitrogen and oxygen atoms in total. The van der Waals surface area contributed by atoms with Crippen molar-refractivity contribution in [2.24, 2.45) is 5.73 Å². The molecular formula is C10H15N3O2. The third-order valence-electron chi connectivity index (χ3n) is 1.80. The van der Waals surface area contributed by atoms with E-state index in [0.717, 1.165) is 6.54 Å². The Kier molecular flexibility index (Phi) is 4.56. The largest absolute Gasteiger partial charge is 0.476 e. The topological polar surface area (TPSA) is 77.2 Å². The van der Waals surface area contributed by atoms with Crippen molar-refractivity contribution in [3.63, 3.8) is 0 Å². The van der Waals surface area contributed by atoms with Crippen molar-refractivity contribution in [2.45, 2.75) is 6.92 Å². The van der Waals surface area contributed by atoms with Crippen LogP contribution in [0.2, 0.25) is 0 Å². The number of ether oxygens (including phenoxy) is 1. The van der Waals surface area contributed by atoms with Gasteiger partial charge in [0.2, 0.25) is 5.88 Å². The number of pyridine rings is 1. The van der Waals surface area contributed by atoms with Crippen LogP contribution in [0.4, 0.5) is 0 Å². The molecule has 0 fully saturated rings. The molecule has 1 aromatic rings. The van der Waals surface area contributed by atoms with Crippen molar-refractivity contribution in [1.82, 2.24) is 10.3 Å². The summed E-state index contributed by atoms with van der Waals surface area (Å²) in [5, 5.41) is 3.10. The van der Waals surface area contributed by atoms with Crippen LogP contribution in [0.1, 0.15) is 17.3 Å². The minimum atomic E-state index is -0.526. The molecule has 82 valence electrons. The number of hydrogen-bond acceptors (Lipinski definition) is 4. The standard InChI is InChI=1S/C10H15N3O2/c1-2-12-6-7-15-10-8(9(11)14)4-3-5-13-10/h3-5,12H,2,6-7H2,1H3,(H2,11,14). The zero-order chi connectivity index (χ0) is 11.1. The van der Waals surface area contributed by atoms with Crippen LogP contribution in [-0.2, 0) is 0 Å². The maximum atomic E-state index is 11.0. The van der Waals surface area contributed by atoms with Crippen molar-refractivity contribution in [2.75, 3.05) is 19.7 Å². The second-order valence-electron chi connectivity index (χ2n) is 2.92. The van der Waals surface area contributed by atoms with E-state index in [1.54, 1.807) is 18.3 Å². The first-order valence-corrected chi connectivity index (χ1v) is 4.84. The van der Waals surface area contributed by atoms with Gasteiger partial charge in [-0.15, -0.1) is 0 Å². The number of likely N-dealkylation sites (N-methyl/N-ethyl adjacent to an activating group) is 1. The lowest BCUT2D eigenvalue weighted by Crippen LogP contribution is -2.22. The predicted molar refractivity (Wildman–Crippen MR) is 56.8 cm³/mol. The van der Waals surface area contributed by atoms with Gasteiger partial charge in [0, 0.05) is 12.7 Å². The summed E-state index contributed by atoms with van der Waals surface area (Å²) < 4.78 is 5.33. The number of primary amides is 1. The summed E-state index contributed by atoms with van der Waals surface area (Å²) in [6, 6.07) is 3.25. The third kappa shape index (κ3) is 3.55. The molecule has 3 N–H and O–H groups in total. The predicted octanol–water partition coefficient (Wildman–Crippen LogP) is 0.169. The molecule has 15 heavy (non-hydrogen) atoms. The Morgan fingerprint density at radius 1 is 1.67 bits per heavy atom. The van der Waals surface area contributed by atoms with Crippen molar-refractivity contribution in [3.8, 4) is 5.88 Å². The first-order chi connectivity index (χ1) is 7.25. The molecule has 0 aliphatic rings. The summed E-state index contributed by atoms with van der Waals surface area (Å²) >= 11 is 0. The Morgan fingerprint density at radius 3 is 3.13 bits per heavy atom. The number of nitrogens with one attached hydrogen (secondary N) is 1. The SMILES string of the molecule is CCNCCOc1ncccc1C(N)=O. The molecule has 0 saturated carbocycles. The molecule has 1 amide bonds. The lowest BCUT2D eigenvalue weighted by Gasteiger charge is -2.07. The fourth-order valence-corrected chi connectivity index (χ4v) is 1.09. The van der Waals surface area contributed by atoms with Crippen LogP contribution < -0.4 is 15.8 Å². The number of nitrogens with zero attached hydrogens (tertiary/aromatic N) is 1. The first kappa shape index (κ1) is 11.5. The molecular weight excluding hydrogens is 194 g/mol. The zero-order valence-electron chi connectivity index (χ0n) is 8.69. The maximum absolute atomic E-state index is 11.0. The monoisotopic (exact) mass is 209 g/mol. The highest BCUT2D eigenvalue weighted by Crippen LogP contribution is 2.12. The summed E-state index contributed by atoms with van der Waals surface area (Å²) in [5.41, 5.74) is 5.48. The van der Waals surface area contributed by atoms with E-state index in [9.17, 15) is 4.79 Å². The van der Waals surface area contributed by atoms with Gasteiger partial charge in [0.25, 0.3) is 5.91 Å². The molecule has 1 aromatic heterocycles. The van der Waals surface area contributed by atoms with Crippen molar-refractivity contribution < 1.29 is 9.53 Å². The van der Waals surface area contributed by atoms with Gasteiger partial charge in [-0.1, -0.05) is 6.92 Å². The number of carbonyl (C=O) groups is 1. The maximum Gasteiger partial charge on any atom is 0.254 e. The smallest absolute Gasteiger partial charge is 0.254 e. The van der Waals surface area contributed by atoms with Gasteiger partial charge >= 0.3 is 0 Å². The summed E-state index contributed by atoms with van der Waals surface area (Å²) in [6.45, 7) is 4.07. The Bertz CT molecular complexity index is 328. The van der Waals surface area contributed by atoms with Crippen LogP contribution in [0.3, 0.4) is 0 Å². The number of aromatic nitrogens is 1. The second kappa shape index (κ2) is 5.98. The highest BCUT2D eigenvalue weighted by molar-refractivity contribution is 5.94. The molecule has 0 aliphatic heterocycles. The quantitative estimate of drug-likeness (QED) is 0.655. The number of rotatable bonds is 6. The van der Waals surface area contributed by atoms with Crippen LogP contribution in [-0.4, -0.2) is 30.6 Å². The van der Waals surface area contributed by atoms with Gasteiger partial charge in [0.1, 0.15) is 12.2 Å². The first-order valence-electron chi connectivity index (χ1n) is 4.84. The molecule has 0 atom stereocenters. The molecule has 0 unspecified atom stereocenters. The fourth-order valence-electron chi connectivity index (χ4n) is 1.09. The third-order valence-corrected chi connectivity index (χ3v) is 1.80. The summed E-state index contributed by atoms with van der Waals surface area (Å²) in [6.07, 6.45) is 1.56. The van der Waals surface area contributed by atoms with Crippen LogP contribution in [0.5, 0.6) is 5.88 Å². The molecule has 0 spiro atoms. The van der Waals surface area contributed by atoms with Crippen LogP contribution in [0, 0.1) is 0 Å². The molecule has 0 saturated heterocycles. The van der Waals surface area contributed by atoms with Crippen molar-refractivity contribution in [1.29, 1.82) is 0 Å². The molecule has 0 aromatic carbocycles. The van der Waals surface area contributed by atoms with Gasteiger partial charge in [-0.05, 0) is 18.7 Å². The van der Waals surface area contributed by atoms with Gasteiger partial charge in [-0.2, -0.15) is 0 Å². The van der Waals surface area contributed by atoms with E-state index in [4.69, 9.17) is 10.5 Å². The Balaban J connectivity index is 2.56. The number of hydrogen-bond donors (Lipinski definition) is 2. The zero-order valence-corrected chi connectivity index (χ0v) is 8.69. The Hall–Kier alpha value is -1.62. The van der Waals surface area contributed by atoms with Crippen LogP contribution in [0.25, 0.3) is 0 Å². The highest BCUT2D eigenvalue weighted by atomic mass is 16.5. The highest BCUT2D eigenvalue weighted by Gasteiger charge is 2.09. The molecule has 0 bridgehead atoms.